The second-order valence-corrected chi connectivity index (χ2v) is 7.12. The summed E-state index contributed by atoms with van der Waals surface area (Å²) in [6.45, 7) is 5.11. The fourth-order valence-corrected chi connectivity index (χ4v) is 3.40. The molecule has 0 amide bonds. The predicted molar refractivity (Wildman–Crippen MR) is 123 cm³/mol. The first kappa shape index (κ1) is 21.8. The molecule has 0 bridgehead atoms. The van der Waals surface area contributed by atoms with Crippen LogP contribution in [-0.4, -0.2) is 35.6 Å². The van der Waals surface area contributed by atoms with Gasteiger partial charge in [-0.1, -0.05) is 30.7 Å². The smallest absolute Gasteiger partial charge is 0.191 e. The number of guanidine groups is 1. The summed E-state index contributed by atoms with van der Waals surface area (Å²) in [6, 6.07) is 11.1. The van der Waals surface area contributed by atoms with Crippen LogP contribution in [0.5, 0.6) is 0 Å². The lowest BCUT2D eigenvalue weighted by atomic mass is 10.1. The molecule has 2 aromatic rings. The van der Waals surface area contributed by atoms with Crippen molar-refractivity contribution in [3.8, 4) is 0 Å². The fourth-order valence-electron chi connectivity index (χ4n) is 3.40. The molecule has 6 heteroatoms. The van der Waals surface area contributed by atoms with E-state index >= 15 is 0 Å². The molecule has 0 unspecified atom stereocenters. The molecule has 27 heavy (non-hydrogen) atoms. The Labute approximate surface area is 180 Å². The Balaban J connectivity index is 0.00000261. The summed E-state index contributed by atoms with van der Waals surface area (Å²) in [6.07, 6.45) is 8.24. The quantitative estimate of drug-likeness (QED) is 0.377. The van der Waals surface area contributed by atoms with Gasteiger partial charge in [0, 0.05) is 46.1 Å². The Bertz CT molecular complexity index is 702. The molecule has 1 aromatic heterocycles. The molecule has 0 aliphatic carbocycles. The van der Waals surface area contributed by atoms with E-state index in [-0.39, 0.29) is 24.0 Å². The maximum Gasteiger partial charge on any atom is 0.191 e. The number of likely N-dealkylation sites (tertiary alicyclic amines) is 1. The van der Waals surface area contributed by atoms with Crippen molar-refractivity contribution in [3.05, 3.63) is 59.4 Å². The van der Waals surface area contributed by atoms with Gasteiger partial charge < -0.3 is 15.2 Å². The molecule has 3 rings (SSSR count). The lowest BCUT2D eigenvalue weighted by molar-refractivity contribution is 0.221. The average Bonchev–Trinajstić information content (AvgIpc) is 3.09. The summed E-state index contributed by atoms with van der Waals surface area (Å²) >= 11 is 0. The highest BCUT2D eigenvalue weighted by Gasteiger charge is 2.10. The molecular formula is C21H32IN5. The highest BCUT2D eigenvalue weighted by molar-refractivity contribution is 14.0. The standard InChI is InChI=1S/C21H31N5.HI/c1-22-21(24-15-20-10-13-25(2)16-20)23-14-18-6-8-19(9-7-18)17-26-11-4-3-5-12-26;/h6-10,13,16H,3-5,11-12,14-15,17H2,1-2H3,(H2,22,23,24);1H. The molecule has 0 atom stereocenters. The molecule has 1 saturated heterocycles. The third kappa shape index (κ3) is 7.18. The summed E-state index contributed by atoms with van der Waals surface area (Å²) in [5, 5.41) is 6.74. The zero-order valence-corrected chi connectivity index (χ0v) is 18.8. The summed E-state index contributed by atoms with van der Waals surface area (Å²) in [7, 11) is 3.84. The van der Waals surface area contributed by atoms with Gasteiger partial charge in [-0.2, -0.15) is 0 Å². The Morgan fingerprint density at radius 2 is 1.56 bits per heavy atom. The van der Waals surface area contributed by atoms with E-state index in [1.54, 1.807) is 0 Å². The lowest BCUT2D eigenvalue weighted by Crippen LogP contribution is -2.36. The number of piperidine rings is 1. The van der Waals surface area contributed by atoms with Gasteiger partial charge in [-0.25, -0.2) is 0 Å². The van der Waals surface area contributed by atoms with E-state index < -0.39 is 0 Å². The number of hydrogen-bond acceptors (Lipinski definition) is 2. The predicted octanol–water partition coefficient (Wildman–Crippen LogP) is 3.49. The number of nitrogens with one attached hydrogen (secondary N) is 2. The molecular weight excluding hydrogens is 449 g/mol. The topological polar surface area (TPSA) is 44.6 Å². The molecule has 1 aliphatic rings. The number of benzene rings is 1. The highest BCUT2D eigenvalue weighted by atomic mass is 127. The van der Waals surface area contributed by atoms with Gasteiger partial charge in [0.05, 0.1) is 0 Å². The maximum atomic E-state index is 4.30. The van der Waals surface area contributed by atoms with Crippen molar-refractivity contribution in [2.45, 2.75) is 38.9 Å². The van der Waals surface area contributed by atoms with Crippen LogP contribution in [0.25, 0.3) is 0 Å². The molecule has 148 valence electrons. The number of aryl methyl sites for hydroxylation is 1. The Kier molecular flexibility index (Phi) is 9.14. The van der Waals surface area contributed by atoms with Crippen LogP contribution in [0.2, 0.25) is 0 Å². The maximum absolute atomic E-state index is 4.30. The van der Waals surface area contributed by atoms with Gasteiger partial charge in [-0.15, -0.1) is 24.0 Å². The number of nitrogens with zero attached hydrogens (tertiary/aromatic N) is 3. The van der Waals surface area contributed by atoms with Gasteiger partial charge in [0.1, 0.15) is 0 Å². The minimum Gasteiger partial charge on any atom is -0.357 e. The van der Waals surface area contributed by atoms with Crippen molar-refractivity contribution in [2.75, 3.05) is 20.1 Å². The van der Waals surface area contributed by atoms with Crippen molar-refractivity contribution in [2.24, 2.45) is 12.0 Å². The number of aliphatic imine (C=N–C) groups is 1. The normalized spacial score (nSPS) is 15.3. The van der Waals surface area contributed by atoms with E-state index in [1.807, 2.05) is 14.1 Å². The van der Waals surface area contributed by atoms with Crippen LogP contribution in [0.4, 0.5) is 0 Å². The van der Waals surface area contributed by atoms with Gasteiger partial charge in [0.25, 0.3) is 0 Å². The summed E-state index contributed by atoms with van der Waals surface area (Å²) in [4.78, 5) is 6.86. The van der Waals surface area contributed by atoms with Crippen LogP contribution in [0, 0.1) is 0 Å². The van der Waals surface area contributed by atoms with Crippen molar-refractivity contribution < 1.29 is 0 Å². The van der Waals surface area contributed by atoms with Crippen LogP contribution in [0.3, 0.4) is 0 Å². The monoisotopic (exact) mass is 481 g/mol. The molecule has 1 aromatic carbocycles. The second-order valence-electron chi connectivity index (χ2n) is 7.12. The number of halogens is 1. The summed E-state index contributed by atoms with van der Waals surface area (Å²) in [5.74, 6) is 0.825. The number of aromatic nitrogens is 1. The second kappa shape index (κ2) is 11.3. The van der Waals surface area contributed by atoms with Crippen molar-refractivity contribution in [3.63, 3.8) is 0 Å². The highest BCUT2D eigenvalue weighted by Crippen LogP contribution is 2.13. The average molecular weight is 481 g/mol. The zero-order chi connectivity index (χ0) is 18.2. The Morgan fingerprint density at radius 1 is 0.926 bits per heavy atom. The molecule has 1 aliphatic heterocycles. The first-order chi connectivity index (χ1) is 12.7. The first-order valence-electron chi connectivity index (χ1n) is 9.58. The molecule has 0 saturated carbocycles. The van der Waals surface area contributed by atoms with Crippen LogP contribution < -0.4 is 10.6 Å². The van der Waals surface area contributed by atoms with E-state index in [2.05, 4.69) is 67.8 Å². The Morgan fingerprint density at radius 3 is 2.15 bits per heavy atom. The summed E-state index contributed by atoms with van der Waals surface area (Å²) in [5.41, 5.74) is 3.93. The summed E-state index contributed by atoms with van der Waals surface area (Å²) < 4.78 is 2.05. The lowest BCUT2D eigenvalue weighted by Gasteiger charge is -2.26. The van der Waals surface area contributed by atoms with Crippen molar-refractivity contribution in [1.29, 1.82) is 0 Å². The van der Waals surface area contributed by atoms with E-state index in [0.29, 0.717) is 0 Å². The first-order valence-corrected chi connectivity index (χ1v) is 9.58. The van der Waals surface area contributed by atoms with Crippen LogP contribution in [0.1, 0.15) is 36.0 Å². The third-order valence-electron chi connectivity index (χ3n) is 4.91. The number of rotatable bonds is 6. The third-order valence-corrected chi connectivity index (χ3v) is 4.91. The van der Waals surface area contributed by atoms with Gasteiger partial charge in [0.15, 0.2) is 5.96 Å². The largest absolute Gasteiger partial charge is 0.357 e. The molecule has 1 fully saturated rings. The van der Waals surface area contributed by atoms with Crippen molar-refractivity contribution in [1.82, 2.24) is 20.1 Å². The van der Waals surface area contributed by atoms with E-state index in [9.17, 15) is 0 Å². The zero-order valence-electron chi connectivity index (χ0n) is 16.4. The van der Waals surface area contributed by atoms with Crippen LogP contribution >= 0.6 is 24.0 Å². The van der Waals surface area contributed by atoms with Crippen molar-refractivity contribution >= 4 is 29.9 Å². The minimum absolute atomic E-state index is 0. The molecule has 5 nitrogen and oxygen atoms in total. The minimum atomic E-state index is 0. The molecule has 0 radical (unpaired) electrons. The van der Waals surface area contributed by atoms with Gasteiger partial charge in [0.2, 0.25) is 0 Å². The van der Waals surface area contributed by atoms with Gasteiger partial charge in [-0.05, 0) is 48.7 Å². The van der Waals surface area contributed by atoms with Crippen LogP contribution in [0.15, 0.2) is 47.7 Å². The number of hydrogen-bond donors (Lipinski definition) is 2. The van der Waals surface area contributed by atoms with E-state index in [4.69, 9.17) is 0 Å². The van der Waals surface area contributed by atoms with Gasteiger partial charge >= 0.3 is 0 Å². The van der Waals surface area contributed by atoms with E-state index in [1.165, 1.54) is 49.0 Å². The Hall–Kier alpha value is -1.54. The molecule has 0 spiro atoms. The fraction of sp³-hybridized carbons (Fsp3) is 0.476. The van der Waals surface area contributed by atoms with Crippen LogP contribution in [-0.2, 0) is 26.7 Å². The van der Waals surface area contributed by atoms with E-state index in [0.717, 1.165) is 25.6 Å². The molecule has 2 heterocycles. The SMILES string of the molecule is CN=C(NCc1ccc(CN2CCCCC2)cc1)NCc1ccn(C)c1.I. The van der Waals surface area contributed by atoms with Gasteiger partial charge in [-0.3, -0.25) is 9.89 Å². The molecule has 2 N–H and O–H groups in total.